The average Bonchev–Trinajstić information content (AvgIpc) is 3.00. The molecule has 1 fully saturated rings. The van der Waals surface area contributed by atoms with Crippen LogP contribution in [0.2, 0.25) is 5.02 Å². The number of piperidine rings is 1. The van der Waals surface area contributed by atoms with Crippen LogP contribution in [0.1, 0.15) is 45.7 Å². The molecule has 0 spiro atoms. The predicted octanol–water partition coefficient (Wildman–Crippen LogP) is 3.27. The number of fused-ring (bicyclic) bond motifs is 1. The zero-order valence-electron chi connectivity index (χ0n) is 15.4. The standard InChI is InChI=1S/C20H22ClN3O3/c1-12-16(11-22-23(12)2)20(26)24-7-5-13(6-8-24)19-10-17(25)15-9-14(21)3-4-18(15)27-19/h3-4,9,11,13,19H,5-8,10H2,1-2H3. The Morgan fingerprint density at radius 1 is 1.30 bits per heavy atom. The zero-order valence-corrected chi connectivity index (χ0v) is 16.2. The van der Waals surface area contributed by atoms with Crippen molar-refractivity contribution >= 4 is 23.3 Å². The van der Waals surface area contributed by atoms with Crippen LogP contribution in [-0.4, -0.2) is 45.6 Å². The van der Waals surface area contributed by atoms with Crippen molar-refractivity contribution in [3.8, 4) is 5.75 Å². The van der Waals surface area contributed by atoms with Crippen molar-refractivity contribution in [3.05, 3.63) is 46.2 Å². The molecule has 27 heavy (non-hydrogen) atoms. The Morgan fingerprint density at radius 2 is 2.04 bits per heavy atom. The van der Waals surface area contributed by atoms with Gasteiger partial charge in [-0.25, -0.2) is 0 Å². The topological polar surface area (TPSA) is 64.4 Å². The highest BCUT2D eigenvalue weighted by Crippen LogP contribution is 2.35. The van der Waals surface area contributed by atoms with Gasteiger partial charge in [-0.3, -0.25) is 14.3 Å². The predicted molar refractivity (Wildman–Crippen MR) is 101 cm³/mol. The molecule has 4 rings (SSSR count). The van der Waals surface area contributed by atoms with E-state index >= 15 is 0 Å². The van der Waals surface area contributed by atoms with Crippen LogP contribution in [0, 0.1) is 12.8 Å². The molecule has 6 nitrogen and oxygen atoms in total. The Hall–Kier alpha value is -2.34. The molecule has 0 bridgehead atoms. The minimum atomic E-state index is -0.136. The summed E-state index contributed by atoms with van der Waals surface area (Å²) in [4.78, 5) is 27.1. The summed E-state index contributed by atoms with van der Waals surface area (Å²) >= 11 is 5.98. The van der Waals surface area contributed by atoms with Gasteiger partial charge < -0.3 is 9.64 Å². The number of Topliss-reactive ketones (excluding diaryl/α,β-unsaturated/α-hetero) is 1. The largest absolute Gasteiger partial charge is 0.489 e. The van der Waals surface area contributed by atoms with Crippen LogP contribution in [-0.2, 0) is 7.05 Å². The fourth-order valence-corrected chi connectivity index (χ4v) is 4.11. The van der Waals surface area contributed by atoms with Crippen molar-refractivity contribution in [3.63, 3.8) is 0 Å². The Bertz CT molecular complexity index is 900. The number of halogens is 1. The van der Waals surface area contributed by atoms with E-state index in [9.17, 15) is 9.59 Å². The number of rotatable bonds is 2. The number of likely N-dealkylation sites (tertiary alicyclic amines) is 1. The Morgan fingerprint density at radius 3 is 2.70 bits per heavy atom. The van der Waals surface area contributed by atoms with Gasteiger partial charge >= 0.3 is 0 Å². The van der Waals surface area contributed by atoms with E-state index in [-0.39, 0.29) is 23.7 Å². The van der Waals surface area contributed by atoms with Crippen molar-refractivity contribution < 1.29 is 14.3 Å². The van der Waals surface area contributed by atoms with E-state index in [2.05, 4.69) is 5.10 Å². The van der Waals surface area contributed by atoms with Crippen molar-refractivity contribution in [2.24, 2.45) is 13.0 Å². The molecule has 2 aromatic rings. The molecule has 2 aliphatic heterocycles. The van der Waals surface area contributed by atoms with Crippen molar-refractivity contribution in [1.29, 1.82) is 0 Å². The maximum Gasteiger partial charge on any atom is 0.257 e. The van der Waals surface area contributed by atoms with Crippen LogP contribution < -0.4 is 4.74 Å². The van der Waals surface area contributed by atoms with E-state index in [0.717, 1.165) is 18.5 Å². The van der Waals surface area contributed by atoms with Gasteiger partial charge in [0, 0.05) is 37.3 Å². The number of ketones is 1. The average molecular weight is 388 g/mol. The molecule has 7 heteroatoms. The molecule has 0 radical (unpaired) electrons. The number of carbonyl (C=O) groups is 2. The van der Waals surface area contributed by atoms with E-state index in [1.807, 2.05) is 18.9 Å². The number of nitrogens with zero attached hydrogens (tertiary/aromatic N) is 3. The molecule has 1 aromatic heterocycles. The quantitative estimate of drug-likeness (QED) is 0.793. The molecule has 0 aliphatic carbocycles. The van der Waals surface area contributed by atoms with E-state index in [1.165, 1.54) is 0 Å². The van der Waals surface area contributed by atoms with Gasteiger partial charge in [-0.1, -0.05) is 11.6 Å². The number of aromatic nitrogens is 2. The summed E-state index contributed by atoms with van der Waals surface area (Å²) in [6.45, 7) is 3.23. The third-order valence-electron chi connectivity index (χ3n) is 5.73. The van der Waals surface area contributed by atoms with E-state index in [4.69, 9.17) is 16.3 Å². The molecule has 3 heterocycles. The molecule has 1 amide bonds. The lowest BCUT2D eigenvalue weighted by atomic mass is 9.86. The first-order valence-corrected chi connectivity index (χ1v) is 9.59. The number of hydrogen-bond acceptors (Lipinski definition) is 4. The first-order chi connectivity index (χ1) is 12.9. The fourth-order valence-electron chi connectivity index (χ4n) is 3.94. The van der Waals surface area contributed by atoms with E-state index < -0.39 is 0 Å². The van der Waals surface area contributed by atoms with Gasteiger partial charge in [0.15, 0.2) is 5.78 Å². The second kappa shape index (κ2) is 7.00. The Labute approximate surface area is 163 Å². The third kappa shape index (κ3) is 3.34. The maximum absolute atomic E-state index is 12.7. The molecule has 1 atom stereocenters. The van der Waals surface area contributed by atoms with Crippen LogP contribution in [0.4, 0.5) is 0 Å². The lowest BCUT2D eigenvalue weighted by molar-refractivity contribution is 0.0452. The van der Waals surface area contributed by atoms with Gasteiger partial charge in [0.25, 0.3) is 5.91 Å². The minimum absolute atomic E-state index is 0.0275. The molecule has 1 aromatic carbocycles. The van der Waals surface area contributed by atoms with E-state index in [0.29, 0.717) is 41.4 Å². The maximum atomic E-state index is 12.7. The number of carbonyl (C=O) groups excluding carboxylic acids is 2. The number of amides is 1. The number of benzene rings is 1. The Balaban J connectivity index is 1.41. The van der Waals surface area contributed by atoms with Gasteiger partial charge in [-0.05, 0) is 43.9 Å². The van der Waals surface area contributed by atoms with Gasteiger partial charge in [-0.2, -0.15) is 5.10 Å². The zero-order chi connectivity index (χ0) is 19.1. The molecule has 142 valence electrons. The van der Waals surface area contributed by atoms with Crippen LogP contribution in [0.15, 0.2) is 24.4 Å². The number of aryl methyl sites for hydroxylation is 1. The SMILES string of the molecule is Cc1c(C(=O)N2CCC(C3CC(=O)c4cc(Cl)ccc4O3)CC2)cnn1C. The smallest absolute Gasteiger partial charge is 0.257 e. The molecular weight excluding hydrogens is 366 g/mol. The summed E-state index contributed by atoms with van der Waals surface area (Å²) in [6.07, 6.45) is 3.52. The van der Waals surface area contributed by atoms with Crippen molar-refractivity contribution in [1.82, 2.24) is 14.7 Å². The normalized spacial score (nSPS) is 20.3. The van der Waals surface area contributed by atoms with Crippen LogP contribution >= 0.6 is 11.6 Å². The van der Waals surface area contributed by atoms with E-state index in [1.54, 1.807) is 29.1 Å². The summed E-state index contributed by atoms with van der Waals surface area (Å²) in [7, 11) is 1.83. The summed E-state index contributed by atoms with van der Waals surface area (Å²) < 4.78 is 7.82. The van der Waals surface area contributed by atoms with Gasteiger partial charge in [0.05, 0.1) is 17.3 Å². The molecule has 0 N–H and O–H groups in total. The molecular formula is C20H22ClN3O3. The Kier molecular flexibility index (Phi) is 4.68. The summed E-state index contributed by atoms with van der Waals surface area (Å²) in [5, 5.41) is 4.70. The second-order valence-corrected chi connectivity index (χ2v) is 7.76. The first kappa shape index (κ1) is 18.0. The second-order valence-electron chi connectivity index (χ2n) is 7.32. The monoisotopic (exact) mass is 387 g/mol. The summed E-state index contributed by atoms with van der Waals surface area (Å²) in [5.41, 5.74) is 2.10. The molecule has 1 unspecified atom stereocenters. The summed E-state index contributed by atoms with van der Waals surface area (Å²) in [6, 6.07) is 5.19. The number of ether oxygens (including phenoxy) is 1. The van der Waals surface area contributed by atoms with Crippen LogP contribution in [0.5, 0.6) is 5.75 Å². The van der Waals surface area contributed by atoms with Crippen LogP contribution in [0.3, 0.4) is 0 Å². The highest BCUT2D eigenvalue weighted by Gasteiger charge is 2.35. The third-order valence-corrected chi connectivity index (χ3v) is 5.96. The lowest BCUT2D eigenvalue weighted by Crippen LogP contribution is -2.44. The van der Waals surface area contributed by atoms with Gasteiger partial charge in [0.2, 0.25) is 0 Å². The van der Waals surface area contributed by atoms with Gasteiger partial charge in [0.1, 0.15) is 11.9 Å². The summed E-state index contributed by atoms with van der Waals surface area (Å²) in [5.74, 6) is 0.981. The molecule has 0 saturated carbocycles. The fraction of sp³-hybridized carbons (Fsp3) is 0.450. The number of hydrogen-bond donors (Lipinski definition) is 0. The lowest BCUT2D eigenvalue weighted by Gasteiger charge is -2.37. The van der Waals surface area contributed by atoms with Crippen LogP contribution in [0.25, 0.3) is 0 Å². The van der Waals surface area contributed by atoms with Gasteiger partial charge in [-0.15, -0.1) is 0 Å². The molecule has 2 aliphatic rings. The molecule has 1 saturated heterocycles. The highest BCUT2D eigenvalue weighted by molar-refractivity contribution is 6.31. The highest BCUT2D eigenvalue weighted by atomic mass is 35.5. The first-order valence-electron chi connectivity index (χ1n) is 9.21. The minimum Gasteiger partial charge on any atom is -0.489 e. The van der Waals surface area contributed by atoms with Crippen molar-refractivity contribution in [2.75, 3.05) is 13.1 Å². The van der Waals surface area contributed by atoms with Crippen molar-refractivity contribution in [2.45, 2.75) is 32.3 Å².